The maximum atomic E-state index is 12.5. The highest BCUT2D eigenvalue weighted by atomic mass is 16.5. The zero-order chi connectivity index (χ0) is 21.6. The molecule has 1 aliphatic rings. The van der Waals surface area contributed by atoms with Gasteiger partial charge in [-0.05, 0) is 25.7 Å². The molecule has 1 saturated heterocycles. The molecule has 2 heterocycles. The fraction of sp³-hybridized carbons (Fsp3) is 0.625. The summed E-state index contributed by atoms with van der Waals surface area (Å²) in [5, 5.41) is 32.5. The number of nitrogens with one attached hydrogen (secondary N) is 1. The van der Waals surface area contributed by atoms with Crippen LogP contribution < -0.4 is 11.1 Å². The predicted molar refractivity (Wildman–Crippen MR) is 93.6 cm³/mol. The van der Waals surface area contributed by atoms with E-state index in [-0.39, 0.29) is 18.1 Å². The molecule has 1 aliphatic heterocycles. The molecule has 0 unspecified atom stereocenters. The molecular weight excluding hydrogens is 390 g/mol. The number of hydrogen-bond donors (Lipinski definition) is 5. The zero-order valence-electron chi connectivity index (χ0n) is 15.5. The normalized spacial score (nSPS) is 18.2. The molecule has 160 valence electrons. The minimum absolute atomic E-state index is 0.0317. The number of carboxylic acids is 3. The number of urea groups is 1. The molecule has 1 fully saturated rings. The van der Waals surface area contributed by atoms with Crippen molar-refractivity contribution in [3.05, 3.63) is 11.7 Å². The van der Waals surface area contributed by atoms with Gasteiger partial charge in [-0.2, -0.15) is 4.98 Å². The summed E-state index contributed by atoms with van der Waals surface area (Å²) in [5.74, 6) is -3.42. The fourth-order valence-corrected chi connectivity index (χ4v) is 3.01. The predicted octanol–water partition coefficient (Wildman–Crippen LogP) is 0.0987. The van der Waals surface area contributed by atoms with Gasteiger partial charge in [0.1, 0.15) is 12.1 Å². The van der Waals surface area contributed by atoms with Crippen LogP contribution in [0.25, 0.3) is 0 Å². The molecule has 0 aromatic carbocycles. The molecular formula is C16H23N5O8. The van der Waals surface area contributed by atoms with Crippen LogP contribution in [0.15, 0.2) is 4.52 Å². The van der Waals surface area contributed by atoms with Crippen molar-refractivity contribution in [1.82, 2.24) is 20.4 Å². The van der Waals surface area contributed by atoms with E-state index in [0.717, 1.165) is 0 Å². The summed E-state index contributed by atoms with van der Waals surface area (Å²) in [6.45, 7) is 0.304. The Balaban J connectivity index is 2.02. The quantitative estimate of drug-likeness (QED) is 0.347. The van der Waals surface area contributed by atoms with Crippen molar-refractivity contribution in [2.45, 2.75) is 56.7 Å². The van der Waals surface area contributed by atoms with E-state index < -0.39 is 48.5 Å². The molecule has 2 amide bonds. The number of aliphatic carboxylic acids is 3. The Morgan fingerprint density at radius 1 is 1.24 bits per heavy atom. The van der Waals surface area contributed by atoms with E-state index in [1.807, 2.05) is 0 Å². The zero-order valence-corrected chi connectivity index (χ0v) is 15.5. The van der Waals surface area contributed by atoms with Crippen LogP contribution >= 0.6 is 0 Å². The molecule has 0 bridgehead atoms. The lowest BCUT2D eigenvalue weighted by Gasteiger charge is -2.24. The van der Waals surface area contributed by atoms with Crippen molar-refractivity contribution in [3.8, 4) is 0 Å². The van der Waals surface area contributed by atoms with Gasteiger partial charge >= 0.3 is 23.9 Å². The minimum Gasteiger partial charge on any atom is -0.481 e. The number of aromatic nitrogens is 2. The molecule has 0 spiro atoms. The Morgan fingerprint density at radius 2 is 1.97 bits per heavy atom. The number of likely N-dealkylation sites (tertiary alicyclic amines) is 1. The number of carbonyl (C=O) groups excluding carboxylic acids is 1. The monoisotopic (exact) mass is 413 g/mol. The van der Waals surface area contributed by atoms with Crippen molar-refractivity contribution in [2.75, 3.05) is 6.54 Å². The third-order valence-electron chi connectivity index (χ3n) is 4.47. The molecule has 6 N–H and O–H groups in total. The van der Waals surface area contributed by atoms with Gasteiger partial charge < -0.3 is 35.8 Å². The first-order valence-electron chi connectivity index (χ1n) is 9.01. The first kappa shape index (κ1) is 22.1. The van der Waals surface area contributed by atoms with Crippen LogP contribution in [0, 0.1) is 0 Å². The number of nitrogens with zero attached hydrogens (tertiary/aromatic N) is 3. The van der Waals surface area contributed by atoms with E-state index in [2.05, 4.69) is 15.5 Å². The third kappa shape index (κ3) is 6.14. The molecule has 29 heavy (non-hydrogen) atoms. The number of nitrogens with two attached hydrogens (primary N) is 1. The Bertz CT molecular complexity index is 766. The number of amides is 2. The van der Waals surface area contributed by atoms with E-state index in [1.165, 1.54) is 4.90 Å². The van der Waals surface area contributed by atoms with Gasteiger partial charge in [0.2, 0.25) is 5.89 Å². The summed E-state index contributed by atoms with van der Waals surface area (Å²) in [5.41, 5.74) is 5.94. The standard InChI is InChI=1S/C16H23N5O8/c17-8(3-1-5-11(22)23)13-19-14(29-20-13)10-4-2-6-21(10)16(28)18-9(15(26)27)7-12(24)25/h8-10H,1-7,17H2,(H,18,28)(H,22,23)(H,24,25)(H,26,27)/t8-,9-,10-/m0/s1. The largest absolute Gasteiger partial charge is 0.481 e. The summed E-state index contributed by atoms with van der Waals surface area (Å²) in [6, 6.07) is -3.53. The van der Waals surface area contributed by atoms with E-state index >= 15 is 0 Å². The maximum absolute atomic E-state index is 12.5. The fourth-order valence-electron chi connectivity index (χ4n) is 3.01. The van der Waals surface area contributed by atoms with Gasteiger partial charge in [0, 0.05) is 13.0 Å². The van der Waals surface area contributed by atoms with Crippen LogP contribution in [0.2, 0.25) is 0 Å². The van der Waals surface area contributed by atoms with Crippen LogP contribution in [0.5, 0.6) is 0 Å². The molecule has 0 aliphatic carbocycles. The Kier molecular flexibility index (Phi) is 7.47. The van der Waals surface area contributed by atoms with Crippen LogP contribution in [0.1, 0.15) is 62.3 Å². The number of carboxylic acid groups (broad SMARTS) is 3. The summed E-state index contributed by atoms with van der Waals surface area (Å²) in [7, 11) is 0. The second-order valence-corrected chi connectivity index (χ2v) is 6.67. The first-order valence-corrected chi connectivity index (χ1v) is 9.01. The first-order chi connectivity index (χ1) is 13.7. The Hall–Kier alpha value is -3.22. The molecule has 13 nitrogen and oxygen atoms in total. The second-order valence-electron chi connectivity index (χ2n) is 6.67. The average Bonchev–Trinajstić information content (AvgIpc) is 3.29. The summed E-state index contributed by atoms with van der Waals surface area (Å²) in [6.07, 6.45) is 1.01. The maximum Gasteiger partial charge on any atom is 0.326 e. The van der Waals surface area contributed by atoms with Gasteiger partial charge in [-0.1, -0.05) is 5.16 Å². The highest BCUT2D eigenvalue weighted by Gasteiger charge is 2.36. The van der Waals surface area contributed by atoms with Gasteiger partial charge in [0.15, 0.2) is 5.82 Å². The number of carbonyl (C=O) groups is 4. The molecule has 2 rings (SSSR count). The van der Waals surface area contributed by atoms with Gasteiger partial charge in [-0.25, -0.2) is 9.59 Å². The number of hydrogen-bond acceptors (Lipinski definition) is 8. The Morgan fingerprint density at radius 3 is 2.59 bits per heavy atom. The summed E-state index contributed by atoms with van der Waals surface area (Å²) >= 11 is 0. The van der Waals surface area contributed by atoms with Crippen LogP contribution in [0.4, 0.5) is 4.79 Å². The number of rotatable bonds is 10. The van der Waals surface area contributed by atoms with E-state index in [1.54, 1.807) is 0 Å². The van der Waals surface area contributed by atoms with Gasteiger partial charge in [-0.3, -0.25) is 9.59 Å². The third-order valence-corrected chi connectivity index (χ3v) is 4.47. The molecule has 1 aromatic rings. The highest BCUT2D eigenvalue weighted by molar-refractivity contribution is 5.86. The molecule has 13 heteroatoms. The van der Waals surface area contributed by atoms with E-state index in [0.29, 0.717) is 32.2 Å². The molecule has 1 aromatic heterocycles. The molecule has 0 saturated carbocycles. The van der Waals surface area contributed by atoms with Crippen molar-refractivity contribution < 1.29 is 39.0 Å². The summed E-state index contributed by atoms with van der Waals surface area (Å²) < 4.78 is 5.21. The lowest BCUT2D eigenvalue weighted by molar-refractivity contribution is -0.145. The highest BCUT2D eigenvalue weighted by Crippen LogP contribution is 2.31. The van der Waals surface area contributed by atoms with Crippen LogP contribution in [-0.2, 0) is 14.4 Å². The van der Waals surface area contributed by atoms with Gasteiger partial charge in [-0.15, -0.1) is 0 Å². The average molecular weight is 413 g/mol. The van der Waals surface area contributed by atoms with Gasteiger partial charge in [0.25, 0.3) is 0 Å². The molecule has 3 atom stereocenters. The second kappa shape index (κ2) is 9.82. The lowest BCUT2D eigenvalue weighted by atomic mass is 10.1. The SMILES string of the molecule is N[C@@H](CCCC(=O)O)c1noc([C@@H]2CCCN2C(=O)N[C@@H](CC(=O)O)C(=O)O)n1. The van der Waals surface area contributed by atoms with E-state index in [9.17, 15) is 19.2 Å². The van der Waals surface area contributed by atoms with Crippen molar-refractivity contribution in [1.29, 1.82) is 0 Å². The van der Waals surface area contributed by atoms with Gasteiger partial charge in [0.05, 0.1) is 12.5 Å². The van der Waals surface area contributed by atoms with Crippen LogP contribution in [0.3, 0.4) is 0 Å². The van der Waals surface area contributed by atoms with Crippen LogP contribution in [-0.4, -0.2) is 66.9 Å². The lowest BCUT2D eigenvalue weighted by Crippen LogP contribution is -2.48. The summed E-state index contributed by atoms with van der Waals surface area (Å²) in [4.78, 5) is 50.5. The smallest absolute Gasteiger partial charge is 0.326 e. The van der Waals surface area contributed by atoms with E-state index in [4.69, 9.17) is 25.6 Å². The molecule has 0 radical (unpaired) electrons. The van der Waals surface area contributed by atoms with Crippen molar-refractivity contribution >= 4 is 23.9 Å². The van der Waals surface area contributed by atoms with Crippen molar-refractivity contribution in [3.63, 3.8) is 0 Å². The van der Waals surface area contributed by atoms with Crippen molar-refractivity contribution in [2.24, 2.45) is 5.73 Å². The topological polar surface area (TPSA) is 209 Å². The Labute approximate surface area is 164 Å². The minimum atomic E-state index is -1.57.